The van der Waals surface area contributed by atoms with Crippen molar-refractivity contribution < 1.29 is 9.18 Å². The van der Waals surface area contributed by atoms with Crippen LogP contribution in [-0.4, -0.2) is 5.91 Å². The molecule has 2 rings (SSSR count). The molecule has 2 aromatic carbocycles. The van der Waals surface area contributed by atoms with Crippen LogP contribution in [-0.2, 0) is 0 Å². The van der Waals surface area contributed by atoms with Crippen LogP contribution in [0.3, 0.4) is 0 Å². The molecule has 20 heavy (non-hydrogen) atoms. The Balaban J connectivity index is 2.13. The van der Waals surface area contributed by atoms with Gasteiger partial charge in [0.25, 0.3) is 5.91 Å². The van der Waals surface area contributed by atoms with E-state index in [1.165, 1.54) is 12.1 Å². The Morgan fingerprint density at radius 1 is 1.25 bits per heavy atom. The molecule has 0 radical (unpaired) electrons. The smallest absolute Gasteiger partial charge is 0.251 e. The normalized spacial score (nSPS) is 11.9. The van der Waals surface area contributed by atoms with E-state index in [0.29, 0.717) is 11.3 Å². The van der Waals surface area contributed by atoms with Gasteiger partial charge in [0, 0.05) is 11.3 Å². The van der Waals surface area contributed by atoms with Gasteiger partial charge in [0.05, 0.1) is 6.04 Å². The van der Waals surface area contributed by atoms with E-state index in [1.54, 1.807) is 30.3 Å². The van der Waals surface area contributed by atoms with Crippen LogP contribution in [0.4, 0.5) is 10.1 Å². The molecule has 0 spiro atoms. The molecule has 3 nitrogen and oxygen atoms in total. The minimum Gasteiger partial charge on any atom is -0.399 e. The zero-order valence-electron chi connectivity index (χ0n) is 11.5. The van der Waals surface area contributed by atoms with Crippen molar-refractivity contribution in [1.82, 2.24) is 5.32 Å². The fourth-order valence-corrected chi connectivity index (χ4v) is 1.96. The lowest BCUT2D eigenvalue weighted by molar-refractivity contribution is 0.0939. The number of rotatable bonds is 3. The predicted molar refractivity (Wildman–Crippen MR) is 77.9 cm³/mol. The zero-order chi connectivity index (χ0) is 14.7. The minimum atomic E-state index is -0.313. The van der Waals surface area contributed by atoms with Crippen molar-refractivity contribution in [3.05, 3.63) is 65.0 Å². The molecule has 0 saturated heterocycles. The molecule has 0 aliphatic heterocycles. The van der Waals surface area contributed by atoms with Gasteiger partial charge in [-0.1, -0.05) is 12.1 Å². The third-order valence-corrected chi connectivity index (χ3v) is 3.23. The van der Waals surface area contributed by atoms with Crippen LogP contribution in [0, 0.1) is 12.7 Å². The Morgan fingerprint density at radius 2 is 2.00 bits per heavy atom. The van der Waals surface area contributed by atoms with Gasteiger partial charge in [-0.05, 0) is 55.3 Å². The van der Waals surface area contributed by atoms with E-state index in [-0.39, 0.29) is 17.8 Å². The number of carbonyl (C=O) groups excluding carboxylic acids is 1. The second-order valence-electron chi connectivity index (χ2n) is 4.82. The highest BCUT2D eigenvalue weighted by Crippen LogP contribution is 2.16. The van der Waals surface area contributed by atoms with Gasteiger partial charge in [0.2, 0.25) is 0 Å². The van der Waals surface area contributed by atoms with Crippen molar-refractivity contribution >= 4 is 11.6 Å². The van der Waals surface area contributed by atoms with Crippen molar-refractivity contribution in [3.63, 3.8) is 0 Å². The lowest BCUT2D eigenvalue weighted by Gasteiger charge is -2.15. The molecule has 0 aromatic heterocycles. The molecular formula is C16H17FN2O. The molecule has 1 atom stereocenters. The van der Waals surface area contributed by atoms with Gasteiger partial charge in [0.1, 0.15) is 5.82 Å². The minimum absolute atomic E-state index is 0.204. The number of nitrogens with two attached hydrogens (primary N) is 1. The summed E-state index contributed by atoms with van der Waals surface area (Å²) < 4.78 is 13.2. The van der Waals surface area contributed by atoms with Crippen molar-refractivity contribution in [3.8, 4) is 0 Å². The van der Waals surface area contributed by atoms with E-state index in [9.17, 15) is 9.18 Å². The molecule has 2 aromatic rings. The Hall–Kier alpha value is -2.36. The summed E-state index contributed by atoms with van der Waals surface area (Å²) in [5.74, 6) is -0.517. The quantitative estimate of drug-likeness (QED) is 0.843. The summed E-state index contributed by atoms with van der Waals surface area (Å²) in [6.07, 6.45) is 0. The van der Waals surface area contributed by atoms with Crippen LogP contribution in [0.1, 0.15) is 34.5 Å². The maximum atomic E-state index is 13.2. The molecule has 0 saturated carbocycles. The molecule has 0 heterocycles. The largest absolute Gasteiger partial charge is 0.399 e. The number of nitrogens with one attached hydrogen (secondary N) is 1. The first-order chi connectivity index (χ1) is 9.47. The second-order valence-corrected chi connectivity index (χ2v) is 4.82. The average molecular weight is 272 g/mol. The summed E-state index contributed by atoms with van der Waals surface area (Å²) in [5.41, 5.74) is 8.50. The van der Waals surface area contributed by atoms with Crippen LogP contribution in [0.25, 0.3) is 0 Å². The highest BCUT2D eigenvalue weighted by molar-refractivity contribution is 5.95. The standard InChI is InChI=1S/C16H17FN2O/c1-10-8-13(6-7-15(10)18)16(20)19-11(2)12-4-3-5-14(17)9-12/h3-9,11H,18H2,1-2H3,(H,19,20)/t11-/m1/s1. The monoisotopic (exact) mass is 272 g/mol. The molecule has 0 aliphatic rings. The summed E-state index contributed by atoms with van der Waals surface area (Å²) in [6, 6.07) is 11.1. The Bertz CT molecular complexity index is 640. The van der Waals surface area contributed by atoms with E-state index in [4.69, 9.17) is 5.73 Å². The Labute approximate surface area is 117 Å². The van der Waals surface area contributed by atoms with Crippen molar-refractivity contribution in [1.29, 1.82) is 0 Å². The van der Waals surface area contributed by atoms with Crippen LogP contribution in [0.5, 0.6) is 0 Å². The number of aryl methyl sites for hydroxylation is 1. The van der Waals surface area contributed by atoms with Gasteiger partial charge in [-0.3, -0.25) is 4.79 Å². The average Bonchev–Trinajstić information content (AvgIpc) is 2.41. The number of carbonyl (C=O) groups is 1. The fraction of sp³-hybridized carbons (Fsp3) is 0.188. The lowest BCUT2D eigenvalue weighted by atomic mass is 10.1. The molecule has 4 heteroatoms. The first-order valence-electron chi connectivity index (χ1n) is 6.40. The number of hydrogen-bond acceptors (Lipinski definition) is 2. The predicted octanol–water partition coefficient (Wildman–Crippen LogP) is 3.21. The van der Waals surface area contributed by atoms with Crippen LogP contribution >= 0.6 is 0 Å². The Morgan fingerprint density at radius 3 is 2.65 bits per heavy atom. The van der Waals surface area contributed by atoms with E-state index in [1.807, 2.05) is 13.8 Å². The fourth-order valence-electron chi connectivity index (χ4n) is 1.96. The van der Waals surface area contributed by atoms with E-state index in [0.717, 1.165) is 11.1 Å². The second kappa shape index (κ2) is 5.74. The van der Waals surface area contributed by atoms with Crippen LogP contribution in [0.15, 0.2) is 42.5 Å². The summed E-state index contributed by atoms with van der Waals surface area (Å²) in [5, 5.41) is 2.84. The van der Waals surface area contributed by atoms with E-state index < -0.39 is 0 Å². The maximum absolute atomic E-state index is 13.2. The molecule has 0 aliphatic carbocycles. The third-order valence-electron chi connectivity index (χ3n) is 3.23. The van der Waals surface area contributed by atoms with Crippen molar-refractivity contribution in [2.24, 2.45) is 0 Å². The number of halogens is 1. The number of hydrogen-bond donors (Lipinski definition) is 2. The number of amides is 1. The van der Waals surface area contributed by atoms with Gasteiger partial charge in [-0.15, -0.1) is 0 Å². The maximum Gasteiger partial charge on any atom is 0.251 e. The molecular weight excluding hydrogens is 255 g/mol. The molecule has 0 unspecified atom stereocenters. The molecule has 0 bridgehead atoms. The van der Waals surface area contributed by atoms with E-state index in [2.05, 4.69) is 5.32 Å². The third kappa shape index (κ3) is 3.15. The number of anilines is 1. The summed E-state index contributed by atoms with van der Waals surface area (Å²) >= 11 is 0. The summed E-state index contributed by atoms with van der Waals surface area (Å²) in [7, 11) is 0. The van der Waals surface area contributed by atoms with Gasteiger partial charge in [-0.2, -0.15) is 0 Å². The topological polar surface area (TPSA) is 55.1 Å². The zero-order valence-corrected chi connectivity index (χ0v) is 11.5. The van der Waals surface area contributed by atoms with Gasteiger partial charge in [-0.25, -0.2) is 4.39 Å². The summed E-state index contributed by atoms with van der Waals surface area (Å²) in [6.45, 7) is 3.67. The lowest BCUT2D eigenvalue weighted by Crippen LogP contribution is -2.26. The van der Waals surface area contributed by atoms with Gasteiger partial charge < -0.3 is 11.1 Å². The number of nitrogen functional groups attached to an aromatic ring is 1. The number of benzene rings is 2. The van der Waals surface area contributed by atoms with E-state index >= 15 is 0 Å². The molecule has 3 N–H and O–H groups in total. The molecule has 1 amide bonds. The van der Waals surface area contributed by atoms with Gasteiger partial charge >= 0.3 is 0 Å². The molecule has 0 fully saturated rings. The van der Waals surface area contributed by atoms with Crippen molar-refractivity contribution in [2.75, 3.05) is 5.73 Å². The van der Waals surface area contributed by atoms with Gasteiger partial charge in [0.15, 0.2) is 0 Å². The SMILES string of the molecule is Cc1cc(C(=O)N[C@H](C)c2cccc(F)c2)ccc1N. The first kappa shape index (κ1) is 14.1. The highest BCUT2D eigenvalue weighted by Gasteiger charge is 2.12. The first-order valence-corrected chi connectivity index (χ1v) is 6.40. The highest BCUT2D eigenvalue weighted by atomic mass is 19.1. The summed E-state index contributed by atoms with van der Waals surface area (Å²) in [4.78, 5) is 12.1. The van der Waals surface area contributed by atoms with Crippen LogP contribution < -0.4 is 11.1 Å². The molecule has 104 valence electrons. The van der Waals surface area contributed by atoms with Crippen molar-refractivity contribution in [2.45, 2.75) is 19.9 Å². The van der Waals surface area contributed by atoms with Crippen LogP contribution in [0.2, 0.25) is 0 Å². The Kier molecular flexibility index (Phi) is 4.03.